The molecule has 0 saturated heterocycles. The third kappa shape index (κ3) is 3.01. The van der Waals surface area contributed by atoms with E-state index in [1.54, 1.807) is 0 Å². The molecule has 0 spiro atoms. The number of aromatic nitrogens is 3. The van der Waals surface area contributed by atoms with Crippen molar-refractivity contribution in [3.05, 3.63) is 48.0 Å². The molecule has 0 atom stereocenters. The molecule has 4 nitrogen and oxygen atoms in total. The number of hydrogen-bond donors (Lipinski definition) is 1. The molecule has 0 bridgehead atoms. The van der Waals surface area contributed by atoms with Crippen LogP contribution in [0.5, 0.6) is 0 Å². The summed E-state index contributed by atoms with van der Waals surface area (Å²) >= 11 is 0. The van der Waals surface area contributed by atoms with E-state index in [2.05, 4.69) is 39.0 Å². The van der Waals surface area contributed by atoms with E-state index >= 15 is 0 Å². The monoisotopic (exact) mass is 256 g/mol. The van der Waals surface area contributed by atoms with Crippen LogP contribution in [0.15, 0.2) is 36.7 Å². The summed E-state index contributed by atoms with van der Waals surface area (Å²) in [5, 5.41) is 8.29. The first kappa shape index (κ1) is 12.4. The molecular weight excluding hydrogens is 236 g/mol. The largest absolute Gasteiger partial charge is 0.328 e. The highest BCUT2D eigenvalue weighted by molar-refractivity contribution is 5.14. The van der Waals surface area contributed by atoms with Gasteiger partial charge in [-0.15, -0.1) is 10.2 Å². The van der Waals surface area contributed by atoms with Crippen molar-refractivity contribution in [1.29, 1.82) is 0 Å². The van der Waals surface area contributed by atoms with Crippen LogP contribution in [0.25, 0.3) is 0 Å². The molecule has 100 valence electrons. The number of hydrogen-bond acceptors (Lipinski definition) is 3. The molecule has 1 saturated carbocycles. The van der Waals surface area contributed by atoms with E-state index in [4.69, 9.17) is 5.73 Å². The molecule has 1 aromatic carbocycles. The molecule has 2 N–H and O–H groups in total. The maximum Gasteiger partial charge on any atom is 0.133 e. The Hall–Kier alpha value is -1.68. The van der Waals surface area contributed by atoms with Crippen LogP contribution in [-0.2, 0) is 19.4 Å². The average molecular weight is 256 g/mol. The van der Waals surface area contributed by atoms with Crippen molar-refractivity contribution in [3.63, 3.8) is 0 Å². The van der Waals surface area contributed by atoms with Crippen LogP contribution in [0, 0.1) is 5.92 Å². The summed E-state index contributed by atoms with van der Waals surface area (Å²) in [6.07, 6.45) is 6.15. The number of nitrogens with two attached hydrogens (primary N) is 1. The Morgan fingerprint density at radius 3 is 2.74 bits per heavy atom. The van der Waals surface area contributed by atoms with Gasteiger partial charge < -0.3 is 10.3 Å². The van der Waals surface area contributed by atoms with Gasteiger partial charge in [0, 0.05) is 19.0 Å². The second-order valence-corrected chi connectivity index (χ2v) is 5.48. The fourth-order valence-corrected chi connectivity index (χ4v) is 2.73. The van der Waals surface area contributed by atoms with Gasteiger partial charge in [0.25, 0.3) is 0 Å². The lowest BCUT2D eigenvalue weighted by atomic mass is 9.79. The lowest BCUT2D eigenvalue weighted by molar-refractivity contribution is 0.258. The quantitative estimate of drug-likeness (QED) is 0.887. The molecule has 1 aliphatic carbocycles. The van der Waals surface area contributed by atoms with Crippen molar-refractivity contribution in [3.8, 4) is 0 Å². The third-order valence-corrected chi connectivity index (χ3v) is 3.92. The van der Waals surface area contributed by atoms with Gasteiger partial charge in [-0.05, 0) is 30.7 Å². The van der Waals surface area contributed by atoms with Gasteiger partial charge in [-0.1, -0.05) is 30.3 Å². The highest BCUT2D eigenvalue weighted by atomic mass is 15.3. The molecule has 1 aliphatic rings. The number of benzene rings is 1. The zero-order valence-corrected chi connectivity index (χ0v) is 11.1. The van der Waals surface area contributed by atoms with Crippen molar-refractivity contribution in [2.45, 2.75) is 38.3 Å². The first-order chi connectivity index (χ1) is 9.31. The van der Waals surface area contributed by atoms with E-state index in [0.717, 1.165) is 38.1 Å². The predicted octanol–water partition coefficient (Wildman–Crippen LogP) is 1.80. The van der Waals surface area contributed by atoms with Crippen molar-refractivity contribution in [2.75, 3.05) is 0 Å². The summed E-state index contributed by atoms with van der Waals surface area (Å²) in [7, 11) is 0. The van der Waals surface area contributed by atoms with Crippen LogP contribution >= 0.6 is 0 Å². The highest BCUT2D eigenvalue weighted by Crippen LogP contribution is 2.28. The molecule has 4 heteroatoms. The van der Waals surface area contributed by atoms with Gasteiger partial charge in [0.05, 0.1) is 0 Å². The summed E-state index contributed by atoms with van der Waals surface area (Å²) in [6.45, 7) is 0.950. The van der Waals surface area contributed by atoms with Gasteiger partial charge >= 0.3 is 0 Å². The number of nitrogens with zero attached hydrogens (tertiary/aromatic N) is 3. The smallest absolute Gasteiger partial charge is 0.133 e. The normalized spacial score (nSPS) is 22.2. The molecule has 0 radical (unpaired) electrons. The fourth-order valence-electron chi connectivity index (χ4n) is 2.73. The van der Waals surface area contributed by atoms with Gasteiger partial charge in [-0.3, -0.25) is 0 Å². The Kier molecular flexibility index (Phi) is 3.60. The average Bonchev–Trinajstić information content (AvgIpc) is 2.83. The van der Waals surface area contributed by atoms with Crippen molar-refractivity contribution in [1.82, 2.24) is 14.8 Å². The fraction of sp³-hybridized carbons (Fsp3) is 0.467. The molecule has 0 amide bonds. The van der Waals surface area contributed by atoms with E-state index in [9.17, 15) is 0 Å². The molecule has 3 rings (SSSR count). The second kappa shape index (κ2) is 5.53. The Morgan fingerprint density at radius 2 is 2.00 bits per heavy atom. The van der Waals surface area contributed by atoms with Crippen LogP contribution in [0.3, 0.4) is 0 Å². The molecule has 0 unspecified atom stereocenters. The minimum absolute atomic E-state index is 0.408. The maximum absolute atomic E-state index is 5.83. The molecule has 1 aromatic heterocycles. The predicted molar refractivity (Wildman–Crippen MR) is 74.6 cm³/mol. The van der Waals surface area contributed by atoms with E-state index in [1.807, 2.05) is 12.4 Å². The van der Waals surface area contributed by atoms with Gasteiger partial charge in [-0.25, -0.2) is 0 Å². The second-order valence-electron chi connectivity index (χ2n) is 5.48. The van der Waals surface area contributed by atoms with Crippen molar-refractivity contribution < 1.29 is 0 Å². The van der Waals surface area contributed by atoms with Gasteiger partial charge in [-0.2, -0.15) is 0 Å². The summed E-state index contributed by atoms with van der Waals surface area (Å²) in [5.74, 6) is 1.81. The standard InChI is InChI=1S/C15H20N4/c16-14-8-13(9-14)10-15-18-17-11-19(15)7-6-12-4-2-1-3-5-12/h1-5,11,13-14H,6-10,16H2. The Morgan fingerprint density at radius 1 is 1.21 bits per heavy atom. The molecule has 0 aliphatic heterocycles. The van der Waals surface area contributed by atoms with E-state index in [-0.39, 0.29) is 0 Å². The van der Waals surface area contributed by atoms with Gasteiger partial charge in [0.1, 0.15) is 12.2 Å². The lowest BCUT2D eigenvalue weighted by Gasteiger charge is -2.32. The minimum atomic E-state index is 0.408. The zero-order valence-electron chi connectivity index (χ0n) is 11.1. The number of rotatable bonds is 5. The first-order valence-electron chi connectivity index (χ1n) is 6.97. The van der Waals surface area contributed by atoms with Crippen molar-refractivity contribution in [2.24, 2.45) is 11.7 Å². The molecule has 19 heavy (non-hydrogen) atoms. The van der Waals surface area contributed by atoms with Crippen LogP contribution in [0.1, 0.15) is 24.2 Å². The van der Waals surface area contributed by atoms with Gasteiger partial charge in [0.15, 0.2) is 0 Å². The van der Waals surface area contributed by atoms with Crippen LogP contribution < -0.4 is 5.73 Å². The van der Waals surface area contributed by atoms with Crippen LogP contribution in [-0.4, -0.2) is 20.8 Å². The highest BCUT2D eigenvalue weighted by Gasteiger charge is 2.27. The van der Waals surface area contributed by atoms with E-state index < -0.39 is 0 Å². The minimum Gasteiger partial charge on any atom is -0.328 e. The maximum atomic E-state index is 5.83. The molecular formula is C15H20N4. The third-order valence-electron chi connectivity index (χ3n) is 3.92. The van der Waals surface area contributed by atoms with Crippen molar-refractivity contribution >= 4 is 0 Å². The van der Waals surface area contributed by atoms with E-state index in [1.165, 1.54) is 5.56 Å². The summed E-state index contributed by atoms with van der Waals surface area (Å²) in [5.41, 5.74) is 7.18. The van der Waals surface area contributed by atoms with Crippen LogP contribution in [0.2, 0.25) is 0 Å². The Balaban J connectivity index is 1.57. The molecule has 2 aromatic rings. The SMILES string of the molecule is NC1CC(Cc2nncn2CCc2ccccc2)C1. The number of aryl methyl sites for hydroxylation is 2. The zero-order chi connectivity index (χ0) is 13.1. The Bertz CT molecular complexity index is 514. The van der Waals surface area contributed by atoms with Gasteiger partial charge in [0.2, 0.25) is 0 Å². The lowest BCUT2D eigenvalue weighted by Crippen LogP contribution is -2.37. The Labute approximate surface area is 113 Å². The summed E-state index contributed by atoms with van der Waals surface area (Å²) in [6, 6.07) is 10.9. The van der Waals surface area contributed by atoms with Crippen LogP contribution in [0.4, 0.5) is 0 Å². The summed E-state index contributed by atoms with van der Waals surface area (Å²) < 4.78 is 2.18. The summed E-state index contributed by atoms with van der Waals surface area (Å²) in [4.78, 5) is 0. The first-order valence-corrected chi connectivity index (χ1v) is 6.97. The topological polar surface area (TPSA) is 56.7 Å². The molecule has 1 heterocycles. The molecule has 1 fully saturated rings. The van der Waals surface area contributed by atoms with E-state index in [0.29, 0.717) is 12.0 Å².